The Labute approximate surface area is 147 Å². The lowest BCUT2D eigenvalue weighted by Gasteiger charge is -2.22. The molecule has 0 aliphatic carbocycles. The third-order valence-corrected chi connectivity index (χ3v) is 5.61. The molecule has 0 atom stereocenters. The van der Waals surface area contributed by atoms with Crippen molar-refractivity contribution in [3.05, 3.63) is 24.2 Å². The van der Waals surface area contributed by atoms with Crippen LogP contribution in [0.2, 0.25) is 0 Å². The van der Waals surface area contributed by atoms with Crippen molar-refractivity contribution in [3.63, 3.8) is 0 Å². The molecule has 0 bridgehead atoms. The Morgan fingerprint density at radius 1 is 1.24 bits per heavy atom. The minimum Gasteiger partial charge on any atom is -0.507 e. The highest BCUT2D eigenvalue weighted by molar-refractivity contribution is 7.21. The second-order valence-electron chi connectivity index (χ2n) is 6.37. The van der Waals surface area contributed by atoms with Crippen LogP contribution in [-0.2, 0) is 0 Å². The highest BCUT2D eigenvalue weighted by atomic mass is 32.1. The molecule has 8 heteroatoms. The van der Waals surface area contributed by atoms with E-state index in [1.807, 2.05) is 10.9 Å². The van der Waals surface area contributed by atoms with E-state index >= 15 is 0 Å². The molecule has 0 radical (unpaired) electrons. The molecule has 1 fully saturated rings. The van der Waals surface area contributed by atoms with E-state index in [-0.39, 0.29) is 5.75 Å². The number of nitrogens with one attached hydrogen (secondary N) is 1. The van der Waals surface area contributed by atoms with Crippen LogP contribution in [0, 0.1) is 6.92 Å². The number of benzene rings is 1. The molecular weight excluding hydrogens is 338 g/mol. The first-order chi connectivity index (χ1) is 12.2. The number of hydrogen-bond donors (Lipinski definition) is 2. The maximum atomic E-state index is 10.3. The maximum absolute atomic E-state index is 10.3. The summed E-state index contributed by atoms with van der Waals surface area (Å²) in [4.78, 5) is 9.80. The maximum Gasteiger partial charge on any atom is 0.192 e. The van der Waals surface area contributed by atoms with E-state index in [0.717, 1.165) is 41.3 Å². The second-order valence-corrected chi connectivity index (χ2v) is 7.35. The molecule has 1 aromatic carbocycles. The highest BCUT2D eigenvalue weighted by Gasteiger charge is 2.20. The number of nitrogens with zero attached hydrogens (tertiary/aromatic N) is 4. The monoisotopic (exact) mass is 355 g/mol. The molecule has 0 saturated carbocycles. The number of aromatic nitrogens is 4. The topological polar surface area (TPSA) is 89.0 Å². The Morgan fingerprint density at radius 2 is 2.08 bits per heavy atom. The van der Waals surface area contributed by atoms with E-state index in [9.17, 15) is 5.11 Å². The standard InChI is InChI=1S/C17H17N5O2S/c1-9-19-12-7-14(23)11(6-15(12)24-9)16-20-13-8-22(21-17(13)25-16)10-2-4-18-5-3-10/h6-8,10,18,23H,2-5H2,1H3. The minimum atomic E-state index is 0.156. The summed E-state index contributed by atoms with van der Waals surface area (Å²) < 4.78 is 7.61. The van der Waals surface area contributed by atoms with Gasteiger partial charge in [-0.2, -0.15) is 5.10 Å². The van der Waals surface area contributed by atoms with Crippen molar-refractivity contribution in [2.24, 2.45) is 0 Å². The smallest absolute Gasteiger partial charge is 0.192 e. The number of rotatable bonds is 2. The number of phenolic OH excluding ortho intramolecular Hbond substituents is 1. The van der Waals surface area contributed by atoms with Gasteiger partial charge in [0.2, 0.25) is 0 Å². The van der Waals surface area contributed by atoms with Gasteiger partial charge in [0.25, 0.3) is 0 Å². The number of aromatic hydroxyl groups is 1. The largest absolute Gasteiger partial charge is 0.507 e. The lowest BCUT2D eigenvalue weighted by Crippen LogP contribution is -2.29. The molecule has 25 heavy (non-hydrogen) atoms. The van der Waals surface area contributed by atoms with Crippen LogP contribution in [0.25, 0.3) is 32.0 Å². The van der Waals surface area contributed by atoms with Crippen molar-refractivity contribution in [2.45, 2.75) is 25.8 Å². The number of aryl methyl sites for hydroxylation is 1. The highest BCUT2D eigenvalue weighted by Crippen LogP contribution is 2.37. The van der Waals surface area contributed by atoms with Gasteiger partial charge in [0.1, 0.15) is 21.8 Å². The van der Waals surface area contributed by atoms with Crippen molar-refractivity contribution in [3.8, 4) is 16.3 Å². The Morgan fingerprint density at radius 3 is 2.88 bits per heavy atom. The third-order valence-electron chi connectivity index (χ3n) is 4.62. The van der Waals surface area contributed by atoms with Crippen molar-refractivity contribution in [2.75, 3.05) is 13.1 Å². The van der Waals surface area contributed by atoms with E-state index in [2.05, 4.69) is 15.3 Å². The summed E-state index contributed by atoms with van der Waals surface area (Å²) in [7, 11) is 0. The third kappa shape index (κ3) is 2.49. The molecule has 0 spiro atoms. The first kappa shape index (κ1) is 14.9. The number of fused-ring (bicyclic) bond motifs is 2. The average molecular weight is 355 g/mol. The zero-order chi connectivity index (χ0) is 17.0. The molecule has 1 saturated heterocycles. The normalized spacial score (nSPS) is 16.2. The van der Waals surface area contributed by atoms with Crippen LogP contribution in [0.15, 0.2) is 22.7 Å². The van der Waals surface area contributed by atoms with Crippen molar-refractivity contribution >= 4 is 32.8 Å². The van der Waals surface area contributed by atoms with Gasteiger partial charge in [-0.15, -0.1) is 0 Å². The second kappa shape index (κ2) is 5.53. The number of piperidine rings is 1. The zero-order valence-electron chi connectivity index (χ0n) is 13.7. The minimum absolute atomic E-state index is 0.156. The van der Waals surface area contributed by atoms with Crippen LogP contribution < -0.4 is 5.32 Å². The Hall–Kier alpha value is -2.45. The van der Waals surface area contributed by atoms with Crippen LogP contribution in [-0.4, -0.2) is 37.9 Å². The SMILES string of the molecule is Cc1nc2cc(O)c(-c3nc4cn(C5CCNCC5)nc4s3)cc2o1. The van der Waals surface area contributed by atoms with E-state index in [1.165, 1.54) is 11.3 Å². The summed E-state index contributed by atoms with van der Waals surface area (Å²) in [5.41, 5.74) is 2.82. The van der Waals surface area contributed by atoms with Crippen LogP contribution >= 0.6 is 11.3 Å². The number of phenols is 1. The van der Waals surface area contributed by atoms with Gasteiger partial charge in [-0.05, 0) is 32.0 Å². The summed E-state index contributed by atoms with van der Waals surface area (Å²) in [6.07, 6.45) is 4.19. The van der Waals surface area contributed by atoms with Crippen LogP contribution in [0.4, 0.5) is 0 Å². The first-order valence-electron chi connectivity index (χ1n) is 8.34. The molecular formula is C17H17N5O2S. The van der Waals surface area contributed by atoms with E-state index in [1.54, 1.807) is 19.1 Å². The Balaban J connectivity index is 1.54. The summed E-state index contributed by atoms with van der Waals surface area (Å²) in [5.74, 6) is 0.734. The Kier molecular flexibility index (Phi) is 3.29. The van der Waals surface area contributed by atoms with Crippen LogP contribution in [0.1, 0.15) is 24.8 Å². The van der Waals surface area contributed by atoms with Gasteiger partial charge >= 0.3 is 0 Å². The quantitative estimate of drug-likeness (QED) is 0.574. The van der Waals surface area contributed by atoms with Gasteiger partial charge in [0, 0.05) is 13.0 Å². The molecule has 1 aliphatic rings. The summed E-state index contributed by atoms with van der Waals surface area (Å²) >= 11 is 1.48. The lowest BCUT2D eigenvalue weighted by atomic mass is 10.1. The molecule has 0 amide bonds. The fraction of sp³-hybridized carbons (Fsp3) is 0.353. The Bertz CT molecular complexity index is 1040. The molecule has 3 aromatic heterocycles. The van der Waals surface area contributed by atoms with Gasteiger partial charge in [-0.25, -0.2) is 9.97 Å². The van der Waals surface area contributed by atoms with E-state index < -0.39 is 0 Å². The fourth-order valence-corrected chi connectivity index (χ4v) is 4.30. The lowest BCUT2D eigenvalue weighted by molar-refractivity contribution is 0.345. The molecule has 1 aliphatic heterocycles. The molecule has 128 valence electrons. The summed E-state index contributed by atoms with van der Waals surface area (Å²) in [6.45, 7) is 3.85. The fourth-order valence-electron chi connectivity index (χ4n) is 3.36. The van der Waals surface area contributed by atoms with Gasteiger partial charge < -0.3 is 14.8 Å². The average Bonchev–Trinajstić information content (AvgIpc) is 3.26. The molecule has 4 aromatic rings. The molecule has 5 rings (SSSR count). The van der Waals surface area contributed by atoms with Gasteiger partial charge in [-0.3, -0.25) is 4.68 Å². The molecule has 7 nitrogen and oxygen atoms in total. The number of oxazole rings is 1. The van der Waals surface area contributed by atoms with Gasteiger partial charge in [0.15, 0.2) is 16.3 Å². The van der Waals surface area contributed by atoms with Gasteiger partial charge in [0.05, 0.1) is 17.8 Å². The zero-order valence-corrected chi connectivity index (χ0v) is 14.5. The number of hydrogen-bond acceptors (Lipinski definition) is 7. The van der Waals surface area contributed by atoms with Gasteiger partial charge in [-0.1, -0.05) is 11.3 Å². The van der Waals surface area contributed by atoms with E-state index in [4.69, 9.17) is 9.52 Å². The van der Waals surface area contributed by atoms with Crippen LogP contribution in [0.5, 0.6) is 5.75 Å². The predicted molar refractivity (Wildman–Crippen MR) is 96.0 cm³/mol. The predicted octanol–water partition coefficient (Wildman–Crippen LogP) is 3.24. The van der Waals surface area contributed by atoms with Crippen molar-refractivity contribution in [1.82, 2.24) is 25.1 Å². The summed E-state index contributed by atoms with van der Waals surface area (Å²) in [6, 6.07) is 3.85. The first-order valence-corrected chi connectivity index (χ1v) is 9.16. The molecule has 4 heterocycles. The molecule has 0 unspecified atom stereocenters. The van der Waals surface area contributed by atoms with Crippen molar-refractivity contribution < 1.29 is 9.52 Å². The van der Waals surface area contributed by atoms with Crippen molar-refractivity contribution in [1.29, 1.82) is 0 Å². The molecule has 2 N–H and O–H groups in total. The summed E-state index contributed by atoms with van der Waals surface area (Å²) in [5, 5.41) is 19.2. The van der Waals surface area contributed by atoms with Crippen LogP contribution in [0.3, 0.4) is 0 Å². The van der Waals surface area contributed by atoms with E-state index in [0.29, 0.717) is 28.6 Å². The number of thiazole rings is 1.